The first-order valence-electron chi connectivity index (χ1n) is 7.46. The number of hydrazone groups is 1. The zero-order valence-electron chi connectivity index (χ0n) is 14.0. The van der Waals surface area contributed by atoms with Crippen molar-refractivity contribution in [3.63, 3.8) is 0 Å². The minimum atomic E-state index is 0.161. The largest absolute Gasteiger partial charge is 0.493 e. The molecule has 26 heavy (non-hydrogen) atoms. The van der Waals surface area contributed by atoms with Crippen molar-refractivity contribution in [3.8, 4) is 11.5 Å². The monoisotopic (exact) mass is 432 g/mol. The Morgan fingerprint density at radius 1 is 1.15 bits per heavy atom. The van der Waals surface area contributed by atoms with Crippen molar-refractivity contribution in [3.05, 3.63) is 56.5 Å². The summed E-state index contributed by atoms with van der Waals surface area (Å²) in [6.45, 7) is 0.161. The van der Waals surface area contributed by atoms with E-state index in [1.807, 2.05) is 12.1 Å². The molecule has 0 aromatic heterocycles. The summed E-state index contributed by atoms with van der Waals surface area (Å²) in [4.78, 5) is 0. The van der Waals surface area contributed by atoms with Crippen LogP contribution >= 0.6 is 47.0 Å². The van der Waals surface area contributed by atoms with Crippen molar-refractivity contribution in [1.29, 1.82) is 0 Å². The molecule has 0 amide bonds. The number of hydrogen-bond donors (Lipinski definition) is 3. The highest BCUT2D eigenvalue weighted by atomic mass is 35.5. The van der Waals surface area contributed by atoms with E-state index in [0.29, 0.717) is 37.2 Å². The zero-order chi connectivity index (χ0) is 19.1. The van der Waals surface area contributed by atoms with Crippen LogP contribution in [0.1, 0.15) is 11.1 Å². The Hall–Kier alpha value is -1.73. The molecule has 0 bridgehead atoms. The SMILES string of the molecule is CNC(=S)N[NH+]=Cc1ccc(OCc2c(Cl)ccc(Cl)c2Cl)c(OC)c1. The molecule has 9 heteroatoms. The number of hydrogen-bond acceptors (Lipinski definition) is 3. The maximum absolute atomic E-state index is 6.19. The van der Waals surface area contributed by atoms with Crippen molar-refractivity contribution in [2.75, 3.05) is 14.2 Å². The Balaban J connectivity index is 2.13. The Kier molecular flexibility index (Phi) is 7.78. The molecule has 0 saturated carbocycles. The molecule has 2 rings (SSSR count). The molecule has 2 aromatic rings. The fraction of sp³-hybridized carbons (Fsp3) is 0.176. The standard InChI is InChI=1S/C17H16Cl3N3O2S/c1-21-17(26)23-22-8-10-3-6-14(15(7-10)24-2)25-9-11-12(18)4-5-13(19)16(11)20/h3-8H,9H2,1-2H3,(H2,21,23,26)/p+1. The second kappa shape index (κ2) is 9.83. The molecular weight excluding hydrogens is 417 g/mol. The highest BCUT2D eigenvalue weighted by Gasteiger charge is 2.12. The van der Waals surface area contributed by atoms with Gasteiger partial charge in [-0.3, -0.25) is 0 Å². The first kappa shape index (κ1) is 20.6. The van der Waals surface area contributed by atoms with Gasteiger partial charge in [0.1, 0.15) is 6.61 Å². The van der Waals surface area contributed by atoms with E-state index in [0.717, 1.165) is 5.56 Å². The normalized spacial score (nSPS) is 10.7. The maximum atomic E-state index is 6.19. The van der Waals surface area contributed by atoms with Gasteiger partial charge in [-0.05, 0) is 42.5 Å². The second-order valence-electron chi connectivity index (χ2n) is 5.01. The van der Waals surface area contributed by atoms with Crippen molar-refractivity contribution in [1.82, 2.24) is 10.7 Å². The van der Waals surface area contributed by atoms with Crippen molar-refractivity contribution in [2.24, 2.45) is 0 Å². The van der Waals surface area contributed by atoms with E-state index < -0.39 is 0 Å². The summed E-state index contributed by atoms with van der Waals surface area (Å²) in [6, 6.07) is 8.78. The first-order chi connectivity index (χ1) is 12.5. The fourth-order valence-corrected chi connectivity index (χ4v) is 2.71. The molecule has 2 aromatic carbocycles. The number of thiocarbonyl (C=S) groups is 1. The number of hydrazine groups is 1. The smallest absolute Gasteiger partial charge is 0.223 e. The molecule has 0 unspecified atom stereocenters. The minimum Gasteiger partial charge on any atom is -0.493 e. The van der Waals surface area contributed by atoms with Gasteiger partial charge in [-0.1, -0.05) is 34.8 Å². The number of nitrogens with one attached hydrogen (secondary N) is 3. The Labute approximate surface area is 172 Å². The molecule has 5 nitrogen and oxygen atoms in total. The summed E-state index contributed by atoms with van der Waals surface area (Å²) in [5.41, 5.74) is 4.27. The van der Waals surface area contributed by atoms with Crippen LogP contribution in [0.3, 0.4) is 0 Å². The average molecular weight is 434 g/mol. The third-order valence-electron chi connectivity index (χ3n) is 3.35. The van der Waals surface area contributed by atoms with Gasteiger partial charge in [0.05, 0.1) is 17.2 Å². The van der Waals surface area contributed by atoms with Crippen LogP contribution in [-0.2, 0) is 6.61 Å². The van der Waals surface area contributed by atoms with Crippen LogP contribution in [0.15, 0.2) is 30.3 Å². The highest BCUT2D eigenvalue weighted by molar-refractivity contribution is 7.80. The lowest BCUT2D eigenvalue weighted by atomic mass is 10.2. The molecule has 0 spiro atoms. The van der Waals surface area contributed by atoms with Gasteiger partial charge in [-0.25, -0.2) is 0 Å². The van der Waals surface area contributed by atoms with Gasteiger partial charge in [-0.2, -0.15) is 0 Å². The van der Waals surface area contributed by atoms with E-state index in [1.165, 1.54) is 0 Å². The van der Waals surface area contributed by atoms with Gasteiger partial charge in [0.15, 0.2) is 17.7 Å². The number of methoxy groups -OCH3 is 1. The van der Waals surface area contributed by atoms with E-state index in [4.69, 9.17) is 56.5 Å². The summed E-state index contributed by atoms with van der Waals surface area (Å²) < 4.78 is 11.2. The van der Waals surface area contributed by atoms with Crippen LogP contribution < -0.4 is 25.3 Å². The Morgan fingerprint density at radius 2 is 1.88 bits per heavy atom. The number of rotatable bonds is 6. The van der Waals surface area contributed by atoms with Crippen LogP contribution in [0.25, 0.3) is 0 Å². The lowest BCUT2D eigenvalue weighted by Crippen LogP contribution is -2.82. The molecule has 0 aliphatic carbocycles. The quantitative estimate of drug-likeness (QED) is 0.283. The summed E-state index contributed by atoms with van der Waals surface area (Å²) in [5.74, 6) is 1.11. The fourth-order valence-electron chi connectivity index (χ4n) is 1.99. The number of benzene rings is 2. The van der Waals surface area contributed by atoms with Gasteiger partial charge in [0.25, 0.3) is 0 Å². The van der Waals surface area contributed by atoms with Crippen LogP contribution in [0.2, 0.25) is 15.1 Å². The summed E-state index contributed by atoms with van der Waals surface area (Å²) in [7, 11) is 3.29. The third kappa shape index (κ3) is 5.38. The average Bonchev–Trinajstić information content (AvgIpc) is 2.65. The molecule has 0 atom stereocenters. The lowest BCUT2D eigenvalue weighted by Gasteiger charge is -2.13. The molecule has 138 valence electrons. The molecule has 0 saturated heterocycles. The van der Waals surface area contributed by atoms with E-state index >= 15 is 0 Å². The Bertz CT molecular complexity index is 831. The molecule has 0 heterocycles. The van der Waals surface area contributed by atoms with Crippen LogP contribution in [0, 0.1) is 0 Å². The van der Waals surface area contributed by atoms with Crippen LogP contribution in [-0.4, -0.2) is 25.5 Å². The summed E-state index contributed by atoms with van der Waals surface area (Å²) in [6.07, 6.45) is 1.74. The van der Waals surface area contributed by atoms with Crippen LogP contribution in [0.4, 0.5) is 0 Å². The van der Waals surface area contributed by atoms with Crippen LogP contribution in [0.5, 0.6) is 11.5 Å². The minimum absolute atomic E-state index is 0.161. The Morgan fingerprint density at radius 3 is 2.58 bits per heavy atom. The van der Waals surface area contributed by atoms with Crippen molar-refractivity contribution < 1.29 is 14.6 Å². The van der Waals surface area contributed by atoms with E-state index in [2.05, 4.69) is 15.8 Å². The topological polar surface area (TPSA) is 56.5 Å². The molecule has 0 aliphatic rings. The molecule has 3 N–H and O–H groups in total. The van der Waals surface area contributed by atoms with Gasteiger partial charge in [-0.15, -0.1) is 10.5 Å². The van der Waals surface area contributed by atoms with Crippen molar-refractivity contribution >= 4 is 58.3 Å². The molecule has 0 radical (unpaired) electrons. The zero-order valence-corrected chi connectivity index (χ0v) is 17.1. The van der Waals surface area contributed by atoms with Gasteiger partial charge in [0.2, 0.25) is 5.11 Å². The number of halogens is 3. The lowest BCUT2D eigenvalue weighted by molar-refractivity contribution is -0.500. The number of ether oxygens (including phenoxy) is 2. The summed E-state index contributed by atoms with van der Waals surface area (Å²) in [5, 5.41) is 7.42. The molecular formula is C17H17Cl3N3O2S+. The van der Waals surface area contributed by atoms with E-state index in [-0.39, 0.29) is 6.61 Å². The molecule has 0 aliphatic heterocycles. The predicted octanol–water partition coefficient (Wildman–Crippen LogP) is 2.74. The summed E-state index contributed by atoms with van der Waals surface area (Å²) >= 11 is 23.4. The van der Waals surface area contributed by atoms with Gasteiger partial charge in [0, 0.05) is 23.2 Å². The third-order valence-corrected chi connectivity index (χ3v) is 4.85. The van der Waals surface area contributed by atoms with Gasteiger partial charge < -0.3 is 14.8 Å². The maximum Gasteiger partial charge on any atom is 0.223 e. The first-order valence-corrected chi connectivity index (χ1v) is 9.00. The predicted molar refractivity (Wildman–Crippen MR) is 110 cm³/mol. The highest BCUT2D eigenvalue weighted by Crippen LogP contribution is 2.34. The van der Waals surface area contributed by atoms with E-state index in [1.54, 1.807) is 38.6 Å². The van der Waals surface area contributed by atoms with Crippen molar-refractivity contribution in [2.45, 2.75) is 6.61 Å². The van der Waals surface area contributed by atoms with Gasteiger partial charge >= 0.3 is 0 Å². The van der Waals surface area contributed by atoms with E-state index in [9.17, 15) is 0 Å². The second-order valence-corrected chi connectivity index (χ2v) is 6.61. The molecule has 0 fully saturated rings.